The van der Waals surface area contributed by atoms with E-state index >= 15 is 0 Å². The van der Waals surface area contributed by atoms with Crippen LogP contribution in [-0.2, 0) is 10.0 Å². The van der Waals surface area contributed by atoms with Gasteiger partial charge in [0.2, 0.25) is 10.0 Å². The predicted octanol–water partition coefficient (Wildman–Crippen LogP) is 3.12. The predicted molar refractivity (Wildman–Crippen MR) is 104 cm³/mol. The molecule has 2 aromatic carbocycles. The second-order valence-corrected chi connectivity index (χ2v) is 8.65. The van der Waals surface area contributed by atoms with Crippen molar-refractivity contribution in [3.63, 3.8) is 0 Å². The normalized spacial score (nSPS) is 17.5. The highest BCUT2D eigenvalue weighted by atomic mass is 32.2. The molecule has 1 aliphatic heterocycles. The summed E-state index contributed by atoms with van der Waals surface area (Å²) in [7, 11) is -1.94. The lowest BCUT2D eigenvalue weighted by atomic mass is 10.1. The Morgan fingerprint density at radius 3 is 2.54 bits per heavy atom. The Kier molecular flexibility index (Phi) is 5.53. The van der Waals surface area contributed by atoms with Crippen LogP contribution >= 0.6 is 0 Å². The average molecular weight is 375 g/mol. The number of nitrogens with one attached hydrogen (secondary N) is 1. The summed E-state index contributed by atoms with van der Waals surface area (Å²) in [5.41, 5.74) is 3.13. The summed E-state index contributed by atoms with van der Waals surface area (Å²) >= 11 is 0. The fraction of sp³-hybridized carbons (Fsp3) is 0.400. The van der Waals surface area contributed by atoms with Crippen molar-refractivity contribution in [2.24, 2.45) is 5.92 Å². The minimum Gasteiger partial charge on any atom is -0.497 e. The van der Waals surface area contributed by atoms with E-state index in [1.54, 1.807) is 32.2 Å². The lowest BCUT2D eigenvalue weighted by Gasteiger charge is -2.19. The van der Waals surface area contributed by atoms with Crippen molar-refractivity contribution in [3.8, 4) is 5.75 Å². The summed E-state index contributed by atoms with van der Waals surface area (Å²) in [6.07, 6.45) is 0.984. The molecule has 1 aliphatic rings. The van der Waals surface area contributed by atoms with Crippen molar-refractivity contribution in [3.05, 3.63) is 53.6 Å². The number of benzene rings is 2. The third-order valence-corrected chi connectivity index (χ3v) is 6.50. The first-order valence-electron chi connectivity index (χ1n) is 8.85. The molecule has 1 saturated heterocycles. The number of ether oxygens (including phenoxy) is 1. The van der Waals surface area contributed by atoms with Gasteiger partial charge in [0.15, 0.2) is 0 Å². The highest BCUT2D eigenvalue weighted by molar-refractivity contribution is 7.89. The SMILES string of the molecule is COc1ccc(S(=O)(=O)NCC2CCN(c3ccc(C)cc3)C2)c(C)c1. The fourth-order valence-electron chi connectivity index (χ4n) is 3.35. The van der Waals surface area contributed by atoms with Crippen LogP contribution < -0.4 is 14.4 Å². The van der Waals surface area contributed by atoms with Crippen molar-refractivity contribution >= 4 is 15.7 Å². The maximum absolute atomic E-state index is 12.6. The number of hydrogen-bond donors (Lipinski definition) is 1. The first kappa shape index (κ1) is 18.7. The number of nitrogens with zero attached hydrogens (tertiary/aromatic N) is 1. The zero-order valence-electron chi connectivity index (χ0n) is 15.5. The van der Waals surface area contributed by atoms with E-state index in [0.29, 0.717) is 28.7 Å². The van der Waals surface area contributed by atoms with Crippen LogP contribution in [0.3, 0.4) is 0 Å². The Morgan fingerprint density at radius 1 is 1.15 bits per heavy atom. The fourth-order valence-corrected chi connectivity index (χ4v) is 4.69. The highest BCUT2D eigenvalue weighted by Crippen LogP contribution is 2.25. The molecule has 3 rings (SSSR count). The van der Waals surface area contributed by atoms with Gasteiger partial charge in [-0.15, -0.1) is 0 Å². The topological polar surface area (TPSA) is 58.6 Å². The molecule has 1 unspecified atom stereocenters. The first-order valence-corrected chi connectivity index (χ1v) is 10.3. The molecule has 1 heterocycles. The third-order valence-electron chi connectivity index (χ3n) is 4.92. The van der Waals surface area contributed by atoms with Crippen molar-refractivity contribution in [1.29, 1.82) is 0 Å². The van der Waals surface area contributed by atoms with Gasteiger partial charge in [0.1, 0.15) is 5.75 Å². The molecule has 140 valence electrons. The number of hydrogen-bond acceptors (Lipinski definition) is 4. The zero-order chi connectivity index (χ0) is 18.7. The minimum atomic E-state index is -3.52. The van der Waals surface area contributed by atoms with Crippen molar-refractivity contribution in [2.75, 3.05) is 31.6 Å². The van der Waals surface area contributed by atoms with E-state index in [-0.39, 0.29) is 0 Å². The van der Waals surface area contributed by atoms with Crippen LogP contribution in [-0.4, -0.2) is 35.2 Å². The van der Waals surface area contributed by atoms with Crippen molar-refractivity contribution < 1.29 is 13.2 Å². The van der Waals surface area contributed by atoms with Crippen LogP contribution in [0, 0.1) is 19.8 Å². The number of rotatable bonds is 6. The van der Waals surface area contributed by atoms with Gasteiger partial charge >= 0.3 is 0 Å². The molecule has 0 aliphatic carbocycles. The zero-order valence-corrected chi connectivity index (χ0v) is 16.3. The smallest absolute Gasteiger partial charge is 0.240 e. The summed E-state index contributed by atoms with van der Waals surface area (Å²) in [4.78, 5) is 2.63. The molecule has 1 N–H and O–H groups in total. The molecule has 0 spiro atoms. The van der Waals surface area contributed by atoms with Gasteiger partial charge in [0, 0.05) is 25.3 Å². The Bertz CT molecular complexity index is 863. The lowest BCUT2D eigenvalue weighted by Crippen LogP contribution is -2.31. The van der Waals surface area contributed by atoms with Gasteiger partial charge in [-0.05, 0) is 62.1 Å². The maximum atomic E-state index is 12.6. The largest absolute Gasteiger partial charge is 0.497 e. The second kappa shape index (κ2) is 7.68. The van der Waals surface area contributed by atoms with Gasteiger partial charge in [-0.25, -0.2) is 13.1 Å². The molecule has 26 heavy (non-hydrogen) atoms. The Hall–Kier alpha value is -2.05. The maximum Gasteiger partial charge on any atom is 0.240 e. The van der Waals surface area contributed by atoms with Crippen molar-refractivity contribution in [2.45, 2.75) is 25.2 Å². The second-order valence-electron chi connectivity index (χ2n) is 6.92. The summed E-state index contributed by atoms with van der Waals surface area (Å²) in [6, 6.07) is 13.5. The molecule has 2 aromatic rings. The lowest BCUT2D eigenvalue weighted by molar-refractivity contribution is 0.414. The van der Waals surface area contributed by atoms with Gasteiger partial charge in [0.25, 0.3) is 0 Å². The van der Waals surface area contributed by atoms with E-state index in [9.17, 15) is 8.42 Å². The standard InChI is InChI=1S/C20H26N2O3S/c1-15-4-6-18(7-5-15)22-11-10-17(14-22)13-21-26(23,24)20-9-8-19(25-3)12-16(20)2/h4-9,12,17,21H,10-11,13-14H2,1-3H3. The van der Waals surface area contributed by atoms with Crippen LogP contribution in [0.5, 0.6) is 5.75 Å². The molecule has 6 heteroatoms. The molecular formula is C20H26N2O3S. The van der Waals surface area contributed by atoms with Gasteiger partial charge < -0.3 is 9.64 Å². The van der Waals surface area contributed by atoms with Gasteiger partial charge in [-0.1, -0.05) is 17.7 Å². The minimum absolute atomic E-state index is 0.310. The molecule has 0 amide bonds. The molecule has 0 bridgehead atoms. The molecule has 5 nitrogen and oxygen atoms in total. The number of sulfonamides is 1. The quantitative estimate of drug-likeness (QED) is 0.844. The van der Waals surface area contributed by atoms with E-state index in [0.717, 1.165) is 19.5 Å². The average Bonchev–Trinajstić information content (AvgIpc) is 3.09. The molecule has 1 atom stereocenters. The number of methoxy groups -OCH3 is 1. The summed E-state index contributed by atoms with van der Waals surface area (Å²) in [5.74, 6) is 0.968. The van der Waals surface area contributed by atoms with Crippen LogP contribution in [0.15, 0.2) is 47.4 Å². The first-order chi connectivity index (χ1) is 12.4. The molecule has 0 aromatic heterocycles. The monoisotopic (exact) mass is 374 g/mol. The molecule has 0 radical (unpaired) electrons. The van der Waals surface area contributed by atoms with Gasteiger partial charge in [0.05, 0.1) is 12.0 Å². The van der Waals surface area contributed by atoms with E-state index in [4.69, 9.17) is 4.74 Å². The van der Waals surface area contributed by atoms with E-state index in [2.05, 4.69) is 40.8 Å². The van der Waals surface area contributed by atoms with E-state index in [1.807, 2.05) is 0 Å². The van der Waals surface area contributed by atoms with Crippen molar-refractivity contribution in [1.82, 2.24) is 4.72 Å². The number of aryl methyl sites for hydroxylation is 2. The van der Waals surface area contributed by atoms with Crippen LogP contribution in [0.2, 0.25) is 0 Å². The van der Waals surface area contributed by atoms with E-state index in [1.165, 1.54) is 11.3 Å². The number of anilines is 1. The molecule has 1 fully saturated rings. The Morgan fingerprint density at radius 2 is 1.88 bits per heavy atom. The third kappa shape index (κ3) is 4.19. The van der Waals surface area contributed by atoms with Crippen LogP contribution in [0.1, 0.15) is 17.5 Å². The van der Waals surface area contributed by atoms with Gasteiger partial charge in [-0.2, -0.15) is 0 Å². The Labute approximate surface area is 156 Å². The van der Waals surface area contributed by atoms with Crippen LogP contribution in [0.25, 0.3) is 0 Å². The highest BCUT2D eigenvalue weighted by Gasteiger charge is 2.25. The van der Waals surface area contributed by atoms with Gasteiger partial charge in [-0.3, -0.25) is 0 Å². The van der Waals surface area contributed by atoms with Crippen LogP contribution in [0.4, 0.5) is 5.69 Å². The van der Waals surface area contributed by atoms with E-state index < -0.39 is 10.0 Å². The summed E-state index contributed by atoms with van der Waals surface area (Å²) in [6.45, 7) is 6.14. The molecule has 0 saturated carbocycles. The summed E-state index contributed by atoms with van der Waals surface area (Å²) in [5, 5.41) is 0. The molecular weight excluding hydrogens is 348 g/mol. The summed E-state index contributed by atoms with van der Waals surface area (Å²) < 4.78 is 33.2. The Balaban J connectivity index is 1.61.